The predicted octanol–water partition coefficient (Wildman–Crippen LogP) is 10.9. The van der Waals surface area contributed by atoms with Crippen LogP contribution in [0.1, 0.15) is 94.4 Å². The second kappa shape index (κ2) is 29.4. The Morgan fingerprint density at radius 2 is 1.38 bits per heavy atom. The lowest BCUT2D eigenvalue weighted by molar-refractivity contribution is -0.118. The van der Waals surface area contributed by atoms with Crippen molar-refractivity contribution in [2.75, 3.05) is 57.9 Å². The van der Waals surface area contributed by atoms with Gasteiger partial charge in [0.2, 0.25) is 18.4 Å². The lowest BCUT2D eigenvalue weighted by Crippen LogP contribution is -2.40. The zero-order chi connectivity index (χ0) is 65.4. The Morgan fingerprint density at radius 1 is 0.783 bits per heavy atom. The molecule has 25 nitrogen and oxygen atoms in total. The summed E-state index contributed by atoms with van der Waals surface area (Å²) in [4.78, 5) is 68.4. The van der Waals surface area contributed by atoms with E-state index in [1.807, 2.05) is 113 Å². The summed E-state index contributed by atoms with van der Waals surface area (Å²) < 4.78 is 97.1. The van der Waals surface area contributed by atoms with Crippen LogP contribution < -0.4 is 25.7 Å². The predicted molar refractivity (Wildman–Crippen MR) is 342 cm³/mol. The SMILES string of the molecule is [C-]#[N+]CCOP(OC1C(C)C(CCP(=O)(OC)OC2C(COC(c3ccccc3)(c3ccc(OC)cc3)c3ccc(OC)cc3)OC(n3cnc4c(NC(=O)c5ccccc5)ncnc43)C2F)OC1n1cnc2c(=O)[nH]c(NC(=O)C(C)C)nc21)N(C(C)C)C(C)C. The summed E-state index contributed by atoms with van der Waals surface area (Å²) in [7, 11) is -1.96. The van der Waals surface area contributed by atoms with E-state index >= 15 is 8.96 Å². The third-order valence-electron chi connectivity index (χ3n) is 16.1. The van der Waals surface area contributed by atoms with Crippen LogP contribution in [0.5, 0.6) is 11.5 Å². The second-order valence-electron chi connectivity index (χ2n) is 23.0. The van der Waals surface area contributed by atoms with Crippen LogP contribution in [0.3, 0.4) is 0 Å². The smallest absolute Gasteiger partial charge is 0.330 e. The number of hydrogen-bond acceptors (Lipinski definition) is 19. The highest BCUT2D eigenvalue weighted by atomic mass is 31.2. The van der Waals surface area contributed by atoms with Gasteiger partial charge in [-0.3, -0.25) is 42.9 Å². The molecule has 2 amide bonds. The molecule has 2 aliphatic rings. The number of amides is 2. The molecule has 8 aromatic rings. The van der Waals surface area contributed by atoms with Gasteiger partial charge < -0.3 is 47.4 Å². The zero-order valence-corrected chi connectivity index (χ0v) is 54.4. The Bertz CT molecular complexity index is 3910. The van der Waals surface area contributed by atoms with Crippen LogP contribution >= 0.6 is 16.1 Å². The largest absolute Gasteiger partial charge is 0.497 e. The molecule has 92 heavy (non-hydrogen) atoms. The average molecular weight is 1300 g/mol. The monoisotopic (exact) mass is 1300 g/mol. The van der Waals surface area contributed by atoms with Gasteiger partial charge in [-0.25, -0.2) is 35.6 Å². The first-order chi connectivity index (χ1) is 44.3. The van der Waals surface area contributed by atoms with Crippen molar-refractivity contribution in [1.29, 1.82) is 0 Å². The number of alkyl halides is 1. The first kappa shape index (κ1) is 67.0. The molecule has 0 spiro atoms. The van der Waals surface area contributed by atoms with Crippen LogP contribution in [0.4, 0.5) is 16.2 Å². The Kier molecular flexibility index (Phi) is 21.4. The quantitative estimate of drug-likeness (QED) is 0.0178. The summed E-state index contributed by atoms with van der Waals surface area (Å²) in [6, 6.07) is 32.6. The minimum atomic E-state index is -4.42. The van der Waals surface area contributed by atoms with Crippen molar-refractivity contribution in [1.82, 2.24) is 43.7 Å². The molecule has 6 heterocycles. The van der Waals surface area contributed by atoms with Crippen molar-refractivity contribution in [2.24, 2.45) is 11.8 Å². The van der Waals surface area contributed by atoms with E-state index < -0.39 is 88.1 Å². The molecule has 2 aliphatic heterocycles. The first-order valence-electron chi connectivity index (χ1n) is 30.1. The maximum Gasteiger partial charge on any atom is 0.330 e. The van der Waals surface area contributed by atoms with Gasteiger partial charge in [0.05, 0.1) is 45.7 Å². The molecule has 28 heteroatoms. The molecule has 10 atom stereocenters. The molecule has 10 rings (SSSR count). The van der Waals surface area contributed by atoms with Gasteiger partial charge in [0, 0.05) is 36.6 Å². The number of anilines is 2. The number of methoxy groups -OCH3 is 2. The van der Waals surface area contributed by atoms with Crippen molar-refractivity contribution in [3.63, 3.8) is 0 Å². The number of aromatic amines is 1. The minimum Gasteiger partial charge on any atom is -0.497 e. The number of fused-ring (bicyclic) bond motifs is 2. The number of imidazole rings is 2. The number of aromatic nitrogens is 8. The van der Waals surface area contributed by atoms with Crippen LogP contribution in [-0.4, -0.2) is 145 Å². The molecule has 4 aromatic carbocycles. The number of hydrogen-bond donors (Lipinski definition) is 3. The number of rotatable bonds is 28. The van der Waals surface area contributed by atoms with Crippen molar-refractivity contribution < 1.29 is 60.3 Å². The Labute approximate surface area is 532 Å². The van der Waals surface area contributed by atoms with Gasteiger partial charge in [0.25, 0.3) is 20.0 Å². The molecule has 0 radical (unpaired) electrons. The highest BCUT2D eigenvalue weighted by molar-refractivity contribution is 7.53. The van der Waals surface area contributed by atoms with E-state index in [1.54, 1.807) is 63.0 Å². The van der Waals surface area contributed by atoms with E-state index in [-0.39, 0.29) is 84.4 Å². The fourth-order valence-corrected chi connectivity index (χ4v) is 14.8. The van der Waals surface area contributed by atoms with E-state index in [2.05, 4.69) is 50.1 Å². The Balaban J connectivity index is 1.01. The van der Waals surface area contributed by atoms with Crippen molar-refractivity contribution in [2.45, 2.75) is 116 Å². The van der Waals surface area contributed by atoms with Gasteiger partial charge in [0.15, 0.2) is 46.8 Å². The number of nitrogens with one attached hydrogen (secondary N) is 3. The van der Waals surface area contributed by atoms with E-state index in [9.17, 15) is 14.4 Å². The molecule has 10 unspecified atom stereocenters. The lowest BCUT2D eigenvalue weighted by Gasteiger charge is -2.38. The van der Waals surface area contributed by atoms with Gasteiger partial charge >= 0.3 is 7.60 Å². The van der Waals surface area contributed by atoms with Crippen LogP contribution in [0.2, 0.25) is 0 Å². The van der Waals surface area contributed by atoms with Gasteiger partial charge in [-0.2, -0.15) is 4.98 Å². The highest BCUT2D eigenvalue weighted by Gasteiger charge is 2.53. The number of benzene rings is 4. The topological polar surface area (TPSA) is 273 Å². The first-order valence-corrected chi connectivity index (χ1v) is 33.0. The third-order valence-corrected chi connectivity index (χ3v) is 20.1. The van der Waals surface area contributed by atoms with Gasteiger partial charge in [-0.05, 0) is 87.2 Å². The summed E-state index contributed by atoms with van der Waals surface area (Å²) in [6.07, 6.45) is -5.83. The molecule has 0 saturated carbocycles. The molecule has 0 aliphatic carbocycles. The van der Waals surface area contributed by atoms with Crippen LogP contribution in [0, 0.1) is 18.4 Å². The normalized spacial score (nSPS) is 21.1. The molecule has 3 N–H and O–H groups in total. The van der Waals surface area contributed by atoms with E-state index in [0.29, 0.717) is 33.8 Å². The average Bonchev–Trinajstić information content (AvgIpc) is 1.21. The third kappa shape index (κ3) is 14.2. The zero-order valence-electron chi connectivity index (χ0n) is 52.6. The molecule has 2 saturated heterocycles. The summed E-state index contributed by atoms with van der Waals surface area (Å²) in [5, 5.41) is 5.46. The van der Waals surface area contributed by atoms with Crippen LogP contribution in [-0.2, 0) is 47.3 Å². The standard InChI is InChI=1S/C64H75FN12O13P2/c1-38(2)58(78)73-63-72-57-52(60(80)74-63)70-37-76(57)62-53(89-91(86-32-31-66-8)77(39(3)4)40(5)6)41(7)48(87-62)30-33-92(81,84-11)90-54-49(88-61(50(54)65)75-36-69-51-55(67-35-68-56(51)75)71-59(79)42-18-14-12-15-19-42)34-85-64(43-20-16-13-17-21-43,44-22-26-46(82-9)27-23-44)45-24-28-47(83-10)29-25-45/h12-29,35-41,48-50,53-54,61-62H,30-34H2,1-7,9-11H3,(H,67,68,71,79)(H2,72,73,74,78,80). The van der Waals surface area contributed by atoms with Crippen LogP contribution in [0.15, 0.2) is 133 Å². The number of halogens is 1. The van der Waals surface area contributed by atoms with Crippen molar-refractivity contribution in [3.8, 4) is 11.5 Å². The maximum absolute atomic E-state index is 18.3. The summed E-state index contributed by atoms with van der Waals surface area (Å²) in [5.41, 5.74) is 0.631. The summed E-state index contributed by atoms with van der Waals surface area (Å²) in [5.74, 6) is -0.695. The maximum atomic E-state index is 18.3. The minimum absolute atomic E-state index is 0.0185. The number of H-pyrrole nitrogens is 1. The highest BCUT2D eigenvalue weighted by Crippen LogP contribution is 2.56. The van der Waals surface area contributed by atoms with Gasteiger partial charge in [-0.1, -0.05) is 93.6 Å². The van der Waals surface area contributed by atoms with E-state index in [4.69, 9.17) is 48.4 Å². The number of carbonyl (C=O) groups excluding carboxylic acids is 2. The molecule has 2 fully saturated rings. The number of ether oxygens (including phenoxy) is 5. The Morgan fingerprint density at radius 3 is 1.98 bits per heavy atom. The van der Waals surface area contributed by atoms with E-state index in [1.165, 1.54) is 30.7 Å². The van der Waals surface area contributed by atoms with Crippen molar-refractivity contribution in [3.05, 3.63) is 172 Å². The second-order valence-corrected chi connectivity index (χ2v) is 26.6. The summed E-state index contributed by atoms with van der Waals surface area (Å²) in [6.45, 7) is 20.6. The lowest BCUT2D eigenvalue weighted by atomic mass is 9.80. The van der Waals surface area contributed by atoms with Gasteiger partial charge in [0.1, 0.15) is 48.3 Å². The van der Waals surface area contributed by atoms with Gasteiger partial charge in [-0.15, -0.1) is 0 Å². The van der Waals surface area contributed by atoms with E-state index in [0.717, 1.165) is 0 Å². The number of carbonyl (C=O) groups is 2. The fraction of sp³-hybridized carbons (Fsp3) is 0.422. The number of nitrogens with zero attached hydrogens (tertiary/aromatic N) is 9. The fourth-order valence-electron chi connectivity index (χ4n) is 11.4. The van der Waals surface area contributed by atoms with Crippen LogP contribution in [0.25, 0.3) is 27.2 Å². The molecular weight excluding hydrogens is 1230 g/mol. The molecule has 0 bridgehead atoms. The molecule has 4 aromatic heterocycles. The Hall–Kier alpha value is -7.92. The molecule has 486 valence electrons. The molecular formula is C64H75FN12O13P2. The summed E-state index contributed by atoms with van der Waals surface area (Å²) >= 11 is 0. The van der Waals surface area contributed by atoms with Crippen molar-refractivity contribution >= 4 is 62.0 Å².